The summed E-state index contributed by atoms with van der Waals surface area (Å²) in [6, 6.07) is 5.46. The maximum Gasteiger partial charge on any atom is 0.303 e. The van der Waals surface area contributed by atoms with Gasteiger partial charge in [-0.15, -0.1) is 0 Å². The number of ether oxygens (including phenoxy) is 1. The van der Waals surface area contributed by atoms with E-state index in [0.717, 1.165) is 16.8 Å². The van der Waals surface area contributed by atoms with Gasteiger partial charge in [-0.2, -0.15) is 0 Å². The fourth-order valence-electron chi connectivity index (χ4n) is 2.22. The topological polar surface area (TPSA) is 90.2 Å². The van der Waals surface area contributed by atoms with Crippen molar-refractivity contribution in [1.29, 1.82) is 0 Å². The molecule has 0 atom stereocenters. The molecule has 0 saturated carbocycles. The molecule has 6 nitrogen and oxygen atoms in total. The first-order chi connectivity index (χ1) is 10.6. The van der Waals surface area contributed by atoms with Gasteiger partial charge in [0.15, 0.2) is 0 Å². The zero-order valence-corrected chi connectivity index (χ0v) is 13.0. The lowest BCUT2D eigenvalue weighted by molar-refractivity contribution is -0.137. The minimum atomic E-state index is -0.815. The van der Waals surface area contributed by atoms with Crippen LogP contribution in [0.3, 0.4) is 0 Å². The van der Waals surface area contributed by atoms with E-state index < -0.39 is 5.97 Å². The summed E-state index contributed by atoms with van der Waals surface area (Å²) >= 11 is 0. The van der Waals surface area contributed by atoms with E-state index in [4.69, 9.17) is 9.84 Å². The summed E-state index contributed by atoms with van der Waals surface area (Å²) < 4.78 is 5.37. The third-order valence-corrected chi connectivity index (χ3v) is 3.30. The van der Waals surface area contributed by atoms with Crippen LogP contribution >= 0.6 is 0 Å². The number of benzene rings is 1. The van der Waals surface area contributed by atoms with Gasteiger partial charge in [0, 0.05) is 31.8 Å². The number of hydrogen-bond donors (Lipinski definition) is 3. The number of hydrogen-bond acceptors (Lipinski definition) is 5. The molecule has 0 unspecified atom stereocenters. The highest BCUT2D eigenvalue weighted by atomic mass is 16.5. The van der Waals surface area contributed by atoms with Crippen molar-refractivity contribution in [2.75, 3.05) is 31.2 Å². The van der Waals surface area contributed by atoms with Crippen LogP contribution in [0.4, 0.5) is 5.69 Å². The largest absolute Gasteiger partial charge is 0.481 e. The lowest BCUT2D eigenvalue weighted by Crippen LogP contribution is -2.29. The van der Waals surface area contributed by atoms with Crippen molar-refractivity contribution in [2.24, 2.45) is 0 Å². The number of carboxylic acids is 1. The Morgan fingerprint density at radius 3 is 2.27 bits per heavy atom. The van der Waals surface area contributed by atoms with E-state index in [9.17, 15) is 15.0 Å². The lowest BCUT2D eigenvalue weighted by Gasteiger charge is -2.25. The maximum absolute atomic E-state index is 10.7. The van der Waals surface area contributed by atoms with Gasteiger partial charge >= 0.3 is 5.97 Å². The number of nitrogens with zero attached hydrogens (tertiary/aromatic N) is 1. The zero-order valence-electron chi connectivity index (χ0n) is 13.0. The van der Waals surface area contributed by atoms with Crippen molar-refractivity contribution < 1.29 is 24.9 Å². The minimum absolute atomic E-state index is 0.102. The van der Waals surface area contributed by atoms with Crippen molar-refractivity contribution in [2.45, 2.75) is 33.0 Å². The van der Waals surface area contributed by atoms with Crippen LogP contribution in [0.25, 0.3) is 0 Å². The monoisotopic (exact) mass is 311 g/mol. The van der Waals surface area contributed by atoms with Gasteiger partial charge in [-0.3, -0.25) is 4.79 Å². The SMILES string of the molecule is CCOCCN(CCCC(=O)O)c1cc(CO)cc(CO)c1. The van der Waals surface area contributed by atoms with Crippen LogP contribution in [0, 0.1) is 0 Å². The Kier molecular flexibility index (Phi) is 8.50. The second-order valence-corrected chi connectivity index (χ2v) is 5.01. The molecule has 6 heteroatoms. The Morgan fingerprint density at radius 1 is 1.14 bits per heavy atom. The van der Waals surface area contributed by atoms with Crippen LogP contribution in [0.5, 0.6) is 0 Å². The Labute approximate surface area is 130 Å². The van der Waals surface area contributed by atoms with Gasteiger partial charge in [0.2, 0.25) is 0 Å². The Hall–Kier alpha value is -1.63. The van der Waals surface area contributed by atoms with Crippen LogP contribution in [-0.2, 0) is 22.7 Å². The predicted octanol–water partition coefficient (Wildman–Crippen LogP) is 1.38. The van der Waals surface area contributed by atoms with E-state index in [2.05, 4.69) is 0 Å². The molecule has 1 aromatic carbocycles. The van der Waals surface area contributed by atoms with Gasteiger partial charge in [-0.25, -0.2) is 0 Å². The number of carbonyl (C=O) groups is 1. The number of aliphatic carboxylic acids is 1. The molecule has 0 aromatic heterocycles. The summed E-state index contributed by atoms with van der Waals surface area (Å²) in [5.74, 6) is -0.815. The molecule has 0 amide bonds. The van der Waals surface area contributed by atoms with E-state index in [1.807, 2.05) is 24.0 Å². The first-order valence-electron chi connectivity index (χ1n) is 7.49. The Balaban J connectivity index is 2.84. The molecule has 0 radical (unpaired) electrons. The second-order valence-electron chi connectivity index (χ2n) is 5.01. The van der Waals surface area contributed by atoms with E-state index in [1.54, 1.807) is 6.07 Å². The van der Waals surface area contributed by atoms with Gasteiger partial charge in [-0.05, 0) is 36.6 Å². The van der Waals surface area contributed by atoms with Crippen molar-refractivity contribution in [3.63, 3.8) is 0 Å². The van der Waals surface area contributed by atoms with Crippen LogP contribution in [0.1, 0.15) is 30.9 Å². The summed E-state index contributed by atoms with van der Waals surface area (Å²) in [6.07, 6.45) is 0.636. The number of aliphatic hydroxyl groups excluding tert-OH is 2. The number of anilines is 1. The summed E-state index contributed by atoms with van der Waals surface area (Å²) in [7, 11) is 0. The summed E-state index contributed by atoms with van der Waals surface area (Å²) in [5.41, 5.74) is 2.31. The highest BCUT2D eigenvalue weighted by Gasteiger charge is 2.10. The average molecular weight is 311 g/mol. The zero-order chi connectivity index (χ0) is 16.4. The average Bonchev–Trinajstić information content (AvgIpc) is 2.52. The van der Waals surface area contributed by atoms with Crippen LogP contribution in [0.15, 0.2) is 18.2 Å². The van der Waals surface area contributed by atoms with Gasteiger partial charge in [0.05, 0.1) is 19.8 Å². The first kappa shape index (κ1) is 18.4. The third-order valence-electron chi connectivity index (χ3n) is 3.30. The number of aliphatic hydroxyl groups is 2. The highest BCUT2D eigenvalue weighted by Crippen LogP contribution is 2.20. The molecule has 124 valence electrons. The van der Waals surface area contributed by atoms with E-state index >= 15 is 0 Å². The highest BCUT2D eigenvalue weighted by molar-refractivity contribution is 5.66. The quantitative estimate of drug-likeness (QED) is 0.535. The fraction of sp³-hybridized carbons (Fsp3) is 0.562. The minimum Gasteiger partial charge on any atom is -0.481 e. The maximum atomic E-state index is 10.7. The second kappa shape index (κ2) is 10.2. The first-order valence-corrected chi connectivity index (χ1v) is 7.49. The van der Waals surface area contributed by atoms with Crippen LogP contribution in [0.2, 0.25) is 0 Å². The molecular weight excluding hydrogens is 286 g/mol. The lowest BCUT2D eigenvalue weighted by atomic mass is 10.1. The molecule has 1 rings (SSSR count). The van der Waals surface area contributed by atoms with Gasteiger partial charge in [0.25, 0.3) is 0 Å². The van der Waals surface area contributed by atoms with E-state index in [-0.39, 0.29) is 19.6 Å². The van der Waals surface area contributed by atoms with Gasteiger partial charge in [0.1, 0.15) is 0 Å². The van der Waals surface area contributed by atoms with Crippen molar-refractivity contribution >= 4 is 11.7 Å². The van der Waals surface area contributed by atoms with Crippen LogP contribution in [-0.4, -0.2) is 47.6 Å². The van der Waals surface area contributed by atoms with Crippen molar-refractivity contribution in [3.8, 4) is 0 Å². The molecule has 1 aromatic rings. The van der Waals surface area contributed by atoms with Crippen LogP contribution < -0.4 is 4.90 Å². The van der Waals surface area contributed by atoms with E-state index in [0.29, 0.717) is 32.7 Å². The molecular formula is C16H25NO5. The molecule has 0 aliphatic heterocycles. The van der Waals surface area contributed by atoms with Gasteiger partial charge < -0.3 is 25.0 Å². The molecule has 22 heavy (non-hydrogen) atoms. The van der Waals surface area contributed by atoms with Crippen molar-refractivity contribution in [1.82, 2.24) is 0 Å². The molecule has 3 N–H and O–H groups in total. The third kappa shape index (κ3) is 6.43. The number of carboxylic acid groups (broad SMARTS) is 1. The smallest absolute Gasteiger partial charge is 0.303 e. The Bertz CT molecular complexity index is 442. The normalized spacial score (nSPS) is 10.7. The Morgan fingerprint density at radius 2 is 1.77 bits per heavy atom. The molecule has 0 saturated heterocycles. The fourth-order valence-corrected chi connectivity index (χ4v) is 2.22. The molecule has 0 spiro atoms. The molecule has 0 heterocycles. The van der Waals surface area contributed by atoms with Crippen molar-refractivity contribution in [3.05, 3.63) is 29.3 Å². The van der Waals surface area contributed by atoms with Gasteiger partial charge in [-0.1, -0.05) is 6.07 Å². The molecule has 0 fully saturated rings. The molecule has 0 aliphatic rings. The molecule has 0 aliphatic carbocycles. The summed E-state index contributed by atoms with van der Waals surface area (Å²) in [5, 5.41) is 27.4. The summed E-state index contributed by atoms with van der Waals surface area (Å²) in [6.45, 7) is 4.10. The number of rotatable bonds is 11. The predicted molar refractivity (Wildman–Crippen MR) is 83.9 cm³/mol. The molecule has 0 bridgehead atoms. The van der Waals surface area contributed by atoms with E-state index in [1.165, 1.54) is 0 Å². The standard InChI is InChI=1S/C16H25NO5/c1-2-22-7-6-17(5-3-4-16(20)21)15-9-13(11-18)8-14(10-15)12-19/h8-10,18-19H,2-7,11-12H2,1H3,(H,20,21). The summed E-state index contributed by atoms with van der Waals surface area (Å²) in [4.78, 5) is 12.7.